The van der Waals surface area contributed by atoms with Crippen LogP contribution in [0.4, 0.5) is 0 Å². The third-order valence-corrected chi connectivity index (χ3v) is 5.65. The summed E-state index contributed by atoms with van der Waals surface area (Å²) < 4.78 is 27.0. The summed E-state index contributed by atoms with van der Waals surface area (Å²) in [5, 5.41) is 65.1. The fourth-order valence-corrected chi connectivity index (χ4v) is 3.74. The van der Waals surface area contributed by atoms with Gasteiger partial charge in [0.05, 0.1) is 19.8 Å². The van der Waals surface area contributed by atoms with Crippen molar-refractivity contribution in [3.05, 3.63) is 48.6 Å². The van der Waals surface area contributed by atoms with Crippen LogP contribution in [0.1, 0.15) is 11.9 Å². The van der Waals surface area contributed by atoms with Crippen LogP contribution in [0.3, 0.4) is 0 Å². The van der Waals surface area contributed by atoms with Crippen molar-refractivity contribution in [3.63, 3.8) is 0 Å². The van der Waals surface area contributed by atoms with E-state index in [2.05, 4.69) is 11.3 Å². The minimum Gasteiger partial charge on any atom is -0.394 e. The highest BCUT2D eigenvalue weighted by atomic mass is 16.8. The zero-order valence-electron chi connectivity index (χ0n) is 18.3. The first-order valence-electron chi connectivity index (χ1n) is 10.8. The lowest BCUT2D eigenvalue weighted by Crippen LogP contribution is -2.62. The van der Waals surface area contributed by atoms with Crippen LogP contribution in [0, 0.1) is 0 Å². The molecule has 3 aliphatic heterocycles. The molecule has 3 fully saturated rings. The molecule has 0 amide bonds. The standard InChI is InChI=1S/C16H20O6.C6H12O6/c1-2-8-19-16-13(18)12(17)14-11(21-16)9-20-15(22-14)10-6-4-3-5-7-10;7-1-2-3(8)4(9)5(10)6(11)12-2/h2-7,11-18H,1,8-9H2;2-11H,1H2/t11-,12-,13-,14-,15?,16+;2-,3-,4+,5-,6?/m11/s1. The van der Waals surface area contributed by atoms with E-state index in [1.165, 1.54) is 0 Å². The zero-order valence-corrected chi connectivity index (χ0v) is 18.3. The van der Waals surface area contributed by atoms with Crippen LogP contribution >= 0.6 is 0 Å². The summed E-state index contributed by atoms with van der Waals surface area (Å²) in [5.74, 6) is 0. The molecule has 0 aliphatic carbocycles. The summed E-state index contributed by atoms with van der Waals surface area (Å²) in [4.78, 5) is 0. The molecule has 0 saturated carbocycles. The van der Waals surface area contributed by atoms with Crippen LogP contribution in [0.5, 0.6) is 0 Å². The van der Waals surface area contributed by atoms with Gasteiger partial charge in [0, 0.05) is 5.56 Å². The molecule has 0 aromatic heterocycles. The number of rotatable bonds is 5. The molecular formula is C22H32O12. The van der Waals surface area contributed by atoms with Gasteiger partial charge in [-0.05, 0) is 0 Å². The highest BCUT2D eigenvalue weighted by molar-refractivity contribution is 5.16. The fourth-order valence-electron chi connectivity index (χ4n) is 3.74. The number of hydrogen-bond acceptors (Lipinski definition) is 12. The van der Waals surface area contributed by atoms with E-state index in [9.17, 15) is 10.2 Å². The summed E-state index contributed by atoms with van der Waals surface area (Å²) in [6, 6.07) is 9.44. The Morgan fingerprint density at radius 1 is 0.882 bits per heavy atom. The normalized spacial score (nSPS) is 42.1. The topological polar surface area (TPSA) is 188 Å². The van der Waals surface area contributed by atoms with Gasteiger partial charge < -0.3 is 59.4 Å². The summed E-state index contributed by atoms with van der Waals surface area (Å²) in [7, 11) is 0. The predicted octanol–water partition coefficient (Wildman–Crippen LogP) is -2.47. The molecule has 7 N–H and O–H groups in total. The Hall–Kier alpha value is -1.52. The number of aliphatic hydroxyl groups is 7. The zero-order chi connectivity index (χ0) is 24.8. The van der Waals surface area contributed by atoms with Crippen LogP contribution in [-0.4, -0.2) is 117 Å². The Morgan fingerprint density at radius 3 is 2.24 bits per heavy atom. The van der Waals surface area contributed by atoms with Gasteiger partial charge in [-0.3, -0.25) is 0 Å². The Bertz CT molecular complexity index is 744. The maximum Gasteiger partial charge on any atom is 0.187 e. The highest BCUT2D eigenvalue weighted by Gasteiger charge is 2.49. The van der Waals surface area contributed by atoms with Gasteiger partial charge in [-0.2, -0.15) is 0 Å². The van der Waals surface area contributed by atoms with Gasteiger partial charge >= 0.3 is 0 Å². The lowest BCUT2D eigenvalue weighted by molar-refractivity contribution is -0.360. The second kappa shape index (κ2) is 12.4. The van der Waals surface area contributed by atoms with Crippen LogP contribution in [0.2, 0.25) is 0 Å². The molecule has 0 bridgehead atoms. The average molecular weight is 488 g/mol. The third-order valence-electron chi connectivity index (χ3n) is 5.65. The second-order valence-electron chi connectivity index (χ2n) is 8.04. The molecule has 0 spiro atoms. The van der Waals surface area contributed by atoms with E-state index in [1.54, 1.807) is 6.08 Å². The van der Waals surface area contributed by atoms with Gasteiger partial charge in [0.2, 0.25) is 0 Å². The van der Waals surface area contributed by atoms with Crippen molar-refractivity contribution in [2.75, 3.05) is 19.8 Å². The molecule has 3 aliphatic rings. The van der Waals surface area contributed by atoms with Crippen LogP contribution < -0.4 is 0 Å². The van der Waals surface area contributed by atoms with E-state index in [0.717, 1.165) is 5.56 Å². The van der Waals surface area contributed by atoms with Gasteiger partial charge in [0.1, 0.15) is 48.8 Å². The first kappa shape index (κ1) is 27.1. The van der Waals surface area contributed by atoms with Crippen molar-refractivity contribution in [2.45, 2.75) is 67.7 Å². The number of fused-ring (bicyclic) bond motifs is 1. The molecule has 11 atom stereocenters. The summed E-state index contributed by atoms with van der Waals surface area (Å²) >= 11 is 0. The second-order valence-corrected chi connectivity index (χ2v) is 8.04. The molecule has 3 heterocycles. The molecule has 1 aromatic rings. The molecular weight excluding hydrogens is 456 g/mol. The maximum atomic E-state index is 10.3. The average Bonchev–Trinajstić information content (AvgIpc) is 2.87. The van der Waals surface area contributed by atoms with Gasteiger partial charge in [0.15, 0.2) is 18.9 Å². The Morgan fingerprint density at radius 2 is 1.59 bits per heavy atom. The van der Waals surface area contributed by atoms with Crippen molar-refractivity contribution < 1.29 is 59.4 Å². The molecule has 4 rings (SSSR count). The quantitative estimate of drug-likeness (QED) is 0.217. The van der Waals surface area contributed by atoms with E-state index in [4.69, 9.17) is 44.5 Å². The number of benzene rings is 1. The van der Waals surface area contributed by atoms with Crippen molar-refractivity contribution in [2.24, 2.45) is 0 Å². The Kier molecular flexibility index (Phi) is 9.91. The van der Waals surface area contributed by atoms with Crippen molar-refractivity contribution >= 4 is 0 Å². The van der Waals surface area contributed by atoms with Gasteiger partial charge in [-0.15, -0.1) is 6.58 Å². The Balaban J connectivity index is 0.000000229. The smallest absolute Gasteiger partial charge is 0.187 e. The minimum atomic E-state index is -1.57. The molecule has 192 valence electrons. The molecule has 1 aromatic carbocycles. The summed E-state index contributed by atoms with van der Waals surface area (Å²) in [6.45, 7) is 3.49. The lowest BCUT2D eigenvalue weighted by atomic mass is 9.98. The fraction of sp³-hybridized carbons (Fsp3) is 0.636. The predicted molar refractivity (Wildman–Crippen MR) is 113 cm³/mol. The number of ether oxygens (including phenoxy) is 5. The lowest BCUT2D eigenvalue weighted by Gasteiger charge is -2.46. The van der Waals surface area contributed by atoms with Crippen LogP contribution in [-0.2, 0) is 23.7 Å². The Labute approximate surface area is 196 Å². The molecule has 12 nitrogen and oxygen atoms in total. The summed E-state index contributed by atoms with van der Waals surface area (Å²) in [5.41, 5.74) is 0.854. The SMILES string of the molecule is C=CCO[C@H]1O[C@@H]2COC(c3ccccc3)O[C@H]2[C@H](O)[C@H]1O.OC[C@H]1OC(O)[C@H](O)[C@@H](O)[C@@H]1O. The van der Waals surface area contributed by atoms with E-state index >= 15 is 0 Å². The van der Waals surface area contributed by atoms with Crippen LogP contribution in [0.25, 0.3) is 0 Å². The third kappa shape index (κ3) is 6.18. The first-order valence-corrected chi connectivity index (χ1v) is 10.8. The molecule has 3 saturated heterocycles. The summed E-state index contributed by atoms with van der Waals surface area (Å²) in [6.07, 6.45) is -10.5. The van der Waals surface area contributed by atoms with Gasteiger partial charge in [-0.25, -0.2) is 0 Å². The van der Waals surface area contributed by atoms with Crippen molar-refractivity contribution in [3.8, 4) is 0 Å². The number of hydrogen-bond donors (Lipinski definition) is 7. The van der Waals surface area contributed by atoms with E-state index < -0.39 is 74.3 Å². The largest absolute Gasteiger partial charge is 0.394 e. The first-order chi connectivity index (χ1) is 16.3. The van der Waals surface area contributed by atoms with Crippen molar-refractivity contribution in [1.82, 2.24) is 0 Å². The maximum absolute atomic E-state index is 10.3. The monoisotopic (exact) mass is 488 g/mol. The van der Waals surface area contributed by atoms with E-state index in [-0.39, 0.29) is 13.2 Å². The van der Waals surface area contributed by atoms with Crippen LogP contribution in [0.15, 0.2) is 43.0 Å². The highest BCUT2D eigenvalue weighted by Crippen LogP contribution is 2.34. The molecule has 34 heavy (non-hydrogen) atoms. The van der Waals surface area contributed by atoms with E-state index in [1.807, 2.05) is 30.3 Å². The van der Waals surface area contributed by atoms with Gasteiger partial charge in [-0.1, -0.05) is 36.4 Å². The molecule has 0 radical (unpaired) electrons. The van der Waals surface area contributed by atoms with Crippen molar-refractivity contribution in [1.29, 1.82) is 0 Å². The van der Waals surface area contributed by atoms with E-state index in [0.29, 0.717) is 0 Å². The minimum absolute atomic E-state index is 0.222. The molecule has 2 unspecified atom stereocenters. The molecule has 12 heteroatoms. The number of aliphatic hydroxyl groups excluding tert-OH is 7. The van der Waals surface area contributed by atoms with Gasteiger partial charge in [0.25, 0.3) is 0 Å².